The lowest BCUT2D eigenvalue weighted by Gasteiger charge is -2.05. The van der Waals surface area contributed by atoms with Crippen molar-refractivity contribution < 1.29 is 13.0 Å². The molecule has 10 rings (SSSR count). The molecule has 8 heteroatoms. The van der Waals surface area contributed by atoms with Crippen LogP contribution in [-0.4, -0.2) is 32.9 Å². The molecule has 0 saturated carbocycles. The second-order valence-corrected chi connectivity index (χ2v) is 12.3. The van der Waals surface area contributed by atoms with E-state index in [1.807, 2.05) is 66.7 Å². The molecule has 44 heavy (non-hydrogen) atoms. The van der Waals surface area contributed by atoms with Crippen LogP contribution >= 0.6 is 0 Å². The van der Waals surface area contributed by atoms with Gasteiger partial charge in [0.25, 0.3) is 10.1 Å². The van der Waals surface area contributed by atoms with E-state index >= 15 is 0 Å². The van der Waals surface area contributed by atoms with Crippen molar-refractivity contribution in [3.05, 3.63) is 115 Å². The summed E-state index contributed by atoms with van der Waals surface area (Å²) >= 11 is 0. The molecule has 0 atom stereocenters. The highest BCUT2D eigenvalue weighted by Gasteiger charge is 2.27. The summed E-state index contributed by atoms with van der Waals surface area (Å²) in [6.07, 6.45) is 0. The zero-order valence-electron chi connectivity index (χ0n) is 22.9. The van der Waals surface area contributed by atoms with Crippen LogP contribution in [0.25, 0.3) is 88.6 Å². The number of aromatic nitrogens is 4. The monoisotopic (exact) mass is 588 g/mol. The maximum Gasteiger partial charge on any atom is 0.294 e. The summed E-state index contributed by atoms with van der Waals surface area (Å²) in [4.78, 5) is 18.9. The minimum atomic E-state index is -4.30. The number of para-hydroxylation sites is 4. The second kappa shape index (κ2) is 8.97. The number of rotatable bonds is 1. The quantitative estimate of drug-likeness (QED) is 0.193. The molecular weight excluding hydrogens is 568 g/mol. The zero-order valence-corrected chi connectivity index (χ0v) is 23.7. The first-order valence-electron chi connectivity index (χ1n) is 14.1. The first kappa shape index (κ1) is 25.0. The maximum atomic E-state index is 11.6. The third-order valence-corrected chi connectivity index (χ3v) is 9.15. The van der Waals surface area contributed by atoms with Gasteiger partial charge in [0, 0.05) is 33.0 Å². The van der Waals surface area contributed by atoms with Gasteiger partial charge in [0.2, 0.25) is 0 Å². The molecule has 2 aromatic heterocycles. The van der Waals surface area contributed by atoms with E-state index in [1.165, 1.54) is 34.0 Å². The van der Waals surface area contributed by atoms with Gasteiger partial charge in [-0.15, -0.1) is 0 Å². The van der Waals surface area contributed by atoms with Crippen molar-refractivity contribution in [3.63, 3.8) is 0 Å². The molecule has 0 saturated heterocycles. The van der Waals surface area contributed by atoms with E-state index in [4.69, 9.17) is 15.0 Å². The highest BCUT2D eigenvalue weighted by Crippen LogP contribution is 2.47. The van der Waals surface area contributed by atoms with Crippen molar-refractivity contribution in [2.75, 3.05) is 0 Å². The van der Waals surface area contributed by atoms with Gasteiger partial charge in [-0.05, 0) is 47.2 Å². The highest BCUT2D eigenvalue weighted by atomic mass is 32.2. The van der Waals surface area contributed by atoms with E-state index in [0.717, 1.165) is 55.5 Å². The van der Waals surface area contributed by atoms with E-state index in [9.17, 15) is 13.0 Å². The highest BCUT2D eigenvalue weighted by molar-refractivity contribution is 7.85. The first-order chi connectivity index (χ1) is 21.4. The van der Waals surface area contributed by atoms with Gasteiger partial charge < -0.3 is 0 Å². The largest absolute Gasteiger partial charge is 0.294 e. The molecule has 0 spiro atoms. The minimum Gasteiger partial charge on any atom is -0.282 e. The van der Waals surface area contributed by atoms with Crippen LogP contribution in [0.4, 0.5) is 0 Å². The summed E-state index contributed by atoms with van der Waals surface area (Å²) in [5, 5.41) is 4.18. The smallest absolute Gasteiger partial charge is 0.282 e. The summed E-state index contributed by atoms with van der Waals surface area (Å²) in [6.45, 7) is 0. The van der Waals surface area contributed by atoms with Gasteiger partial charge in [0.1, 0.15) is 0 Å². The van der Waals surface area contributed by atoms with Crippen molar-refractivity contribution in [3.8, 4) is 45.0 Å². The van der Waals surface area contributed by atoms with Crippen LogP contribution in [0, 0.1) is 0 Å². The standard InChI is InChI=1S/C18H10N2O3S.C18H10N2/c21-24(22,23)11-8-10-4-3-5-12-16(10)13(9-11)18-17(12)19-14-6-1-2-7-15(14)20-18;1-2-10-15-14(9-1)19-17-12-7-3-5-11-6-4-8-13(16(11)12)18(17)20-15/h1-9H,(H,21,22,23);1-10H. The Morgan fingerprint density at radius 2 is 0.818 bits per heavy atom. The first-order valence-corrected chi connectivity index (χ1v) is 15.5. The maximum absolute atomic E-state index is 11.6. The molecule has 2 aliphatic rings. The average Bonchev–Trinajstić information content (AvgIpc) is 3.53. The SMILES string of the molecule is O=S(=O)(O)c1cc2c3c(cccc3c1)-c1nc3ccccc3nc1-2.c1cc2c3c(cccc3c1)-c1nc3ccccc3nc1-2. The Morgan fingerprint density at radius 1 is 0.432 bits per heavy atom. The van der Waals surface area contributed by atoms with E-state index in [0.29, 0.717) is 11.3 Å². The summed E-state index contributed by atoms with van der Waals surface area (Å²) in [7, 11) is -4.30. The molecule has 0 bridgehead atoms. The molecule has 7 nitrogen and oxygen atoms in total. The lowest BCUT2D eigenvalue weighted by atomic mass is 10.0. The molecule has 0 unspecified atom stereocenters. The van der Waals surface area contributed by atoms with Gasteiger partial charge in [-0.2, -0.15) is 8.42 Å². The van der Waals surface area contributed by atoms with Crippen molar-refractivity contribution in [2.24, 2.45) is 0 Å². The molecule has 208 valence electrons. The minimum absolute atomic E-state index is 0.134. The van der Waals surface area contributed by atoms with Crippen molar-refractivity contribution >= 4 is 53.7 Å². The Bertz CT molecular complexity index is 2580. The summed E-state index contributed by atoms with van der Waals surface area (Å²) in [6, 6.07) is 36.9. The molecule has 2 aliphatic carbocycles. The van der Waals surface area contributed by atoms with Gasteiger partial charge in [-0.25, -0.2) is 19.9 Å². The molecule has 0 amide bonds. The van der Waals surface area contributed by atoms with E-state index in [-0.39, 0.29) is 4.90 Å². The van der Waals surface area contributed by atoms with E-state index < -0.39 is 10.1 Å². The summed E-state index contributed by atoms with van der Waals surface area (Å²) < 4.78 is 32.7. The van der Waals surface area contributed by atoms with Gasteiger partial charge >= 0.3 is 0 Å². The molecule has 2 heterocycles. The predicted octanol–water partition coefficient (Wildman–Crippen LogP) is 8.11. The average molecular weight is 589 g/mol. The Labute approximate surface area is 251 Å². The lowest BCUT2D eigenvalue weighted by molar-refractivity contribution is 0.483. The fourth-order valence-corrected chi connectivity index (χ4v) is 6.96. The van der Waals surface area contributed by atoms with Gasteiger partial charge in [0.05, 0.1) is 49.7 Å². The van der Waals surface area contributed by atoms with Gasteiger partial charge in [0.15, 0.2) is 0 Å². The molecule has 0 aliphatic heterocycles. The predicted molar refractivity (Wildman–Crippen MR) is 173 cm³/mol. The van der Waals surface area contributed by atoms with Crippen molar-refractivity contribution in [1.82, 2.24) is 19.9 Å². The van der Waals surface area contributed by atoms with Crippen LogP contribution in [0.1, 0.15) is 0 Å². The Balaban J connectivity index is 0.000000125. The zero-order chi connectivity index (χ0) is 29.6. The van der Waals surface area contributed by atoms with Gasteiger partial charge in [-0.1, -0.05) is 78.9 Å². The number of nitrogens with zero attached hydrogens (tertiary/aromatic N) is 4. The van der Waals surface area contributed by atoms with Gasteiger partial charge in [-0.3, -0.25) is 4.55 Å². The van der Waals surface area contributed by atoms with E-state index in [1.54, 1.807) is 0 Å². The van der Waals surface area contributed by atoms with Crippen LogP contribution in [0.15, 0.2) is 120 Å². The van der Waals surface area contributed by atoms with Crippen LogP contribution in [0.2, 0.25) is 0 Å². The van der Waals surface area contributed by atoms with Crippen LogP contribution < -0.4 is 0 Å². The van der Waals surface area contributed by atoms with Crippen LogP contribution in [0.5, 0.6) is 0 Å². The number of hydrogen-bond acceptors (Lipinski definition) is 6. The Kier molecular flexibility index (Phi) is 5.09. The van der Waals surface area contributed by atoms with Crippen molar-refractivity contribution in [1.29, 1.82) is 0 Å². The number of fused-ring (bicyclic) bond motifs is 8. The summed E-state index contributed by atoms with van der Waals surface area (Å²) in [5.74, 6) is 0. The molecule has 8 aromatic rings. The van der Waals surface area contributed by atoms with Crippen LogP contribution in [-0.2, 0) is 10.1 Å². The van der Waals surface area contributed by atoms with E-state index in [2.05, 4.69) is 41.4 Å². The Hall–Kier alpha value is -5.57. The molecule has 0 fully saturated rings. The number of hydrogen-bond donors (Lipinski definition) is 1. The topological polar surface area (TPSA) is 106 Å². The van der Waals surface area contributed by atoms with Crippen LogP contribution in [0.3, 0.4) is 0 Å². The molecule has 6 aromatic carbocycles. The van der Waals surface area contributed by atoms with Crippen molar-refractivity contribution in [2.45, 2.75) is 4.90 Å². The third kappa shape index (κ3) is 3.62. The number of benzene rings is 6. The molecule has 0 radical (unpaired) electrons. The fraction of sp³-hybridized carbons (Fsp3) is 0. The lowest BCUT2D eigenvalue weighted by Crippen LogP contribution is -1.98. The summed E-state index contributed by atoms with van der Waals surface area (Å²) in [5.41, 5.74) is 10.9. The fourth-order valence-electron chi connectivity index (χ4n) is 6.42. The Morgan fingerprint density at radius 3 is 1.25 bits per heavy atom. The molecular formula is C36H20N4O3S. The second-order valence-electron chi connectivity index (χ2n) is 10.9. The third-order valence-electron chi connectivity index (χ3n) is 8.31. The normalized spacial score (nSPS) is 12.4. The molecule has 1 N–H and O–H groups in total.